The van der Waals surface area contributed by atoms with E-state index in [2.05, 4.69) is 63.4 Å². The molecule has 30 heavy (non-hydrogen) atoms. The molecule has 1 N–H and O–H groups in total. The second-order valence-corrected chi connectivity index (χ2v) is 8.79. The summed E-state index contributed by atoms with van der Waals surface area (Å²) >= 11 is 0. The normalized spacial score (nSPS) is 22.6. The molecule has 0 radical (unpaired) electrons. The Kier molecular flexibility index (Phi) is 5.06. The van der Waals surface area contributed by atoms with Crippen molar-refractivity contribution >= 4 is 22.4 Å². The number of hydrogen-bond acceptors (Lipinski definition) is 6. The van der Waals surface area contributed by atoms with Gasteiger partial charge in [0.1, 0.15) is 0 Å². The average molecular weight is 406 g/mol. The maximum absolute atomic E-state index is 4.89. The lowest BCUT2D eigenvalue weighted by atomic mass is 9.84. The smallest absolute Gasteiger partial charge is 0.159 e. The molecular formula is C23H31N7. The summed E-state index contributed by atoms with van der Waals surface area (Å²) in [4.78, 5) is 14.5. The molecule has 7 heteroatoms. The lowest BCUT2D eigenvalue weighted by molar-refractivity contribution is 0.377. The van der Waals surface area contributed by atoms with Crippen LogP contribution in [0.2, 0.25) is 0 Å². The molecular weight excluding hydrogens is 374 g/mol. The summed E-state index contributed by atoms with van der Waals surface area (Å²) in [5, 5.41) is 8.99. The Labute approximate surface area is 178 Å². The maximum Gasteiger partial charge on any atom is 0.159 e. The minimum atomic E-state index is 0.505. The molecule has 2 aliphatic heterocycles. The van der Waals surface area contributed by atoms with E-state index in [1.165, 1.54) is 17.1 Å². The maximum atomic E-state index is 4.89. The number of piperazine rings is 1. The Hall–Kier alpha value is -2.67. The molecule has 0 aromatic carbocycles. The van der Waals surface area contributed by atoms with Crippen LogP contribution in [0.25, 0.3) is 11.0 Å². The van der Waals surface area contributed by atoms with Gasteiger partial charge in [-0.25, -0.2) is 4.98 Å². The van der Waals surface area contributed by atoms with Gasteiger partial charge in [-0.3, -0.25) is 9.67 Å². The van der Waals surface area contributed by atoms with Gasteiger partial charge in [0.05, 0.1) is 29.2 Å². The van der Waals surface area contributed by atoms with Gasteiger partial charge in [0.25, 0.3) is 0 Å². The number of anilines is 2. The van der Waals surface area contributed by atoms with Gasteiger partial charge in [-0.05, 0) is 37.5 Å². The quantitative estimate of drug-likeness (QED) is 0.723. The standard InChI is InChI=1S/C23H31N7/c1-16-15-30(22-12-17(2)27-23-20(22)14-26-28(23)3)9-6-19(16)21-5-4-18(13-25-21)29-10-7-24-8-11-29/h4-5,12-14,16,19,24H,6-11,15H2,1-3H3/t16-,19-/m0/s1. The molecule has 7 nitrogen and oxygen atoms in total. The predicted molar refractivity (Wildman–Crippen MR) is 121 cm³/mol. The van der Waals surface area contributed by atoms with Crippen molar-refractivity contribution in [3.8, 4) is 0 Å². The molecule has 2 aliphatic rings. The van der Waals surface area contributed by atoms with Crippen molar-refractivity contribution in [1.29, 1.82) is 0 Å². The van der Waals surface area contributed by atoms with E-state index < -0.39 is 0 Å². The molecule has 0 aliphatic carbocycles. The number of aryl methyl sites for hydroxylation is 2. The lowest BCUT2D eigenvalue weighted by Gasteiger charge is -2.38. The van der Waals surface area contributed by atoms with Crippen LogP contribution in [0.15, 0.2) is 30.6 Å². The van der Waals surface area contributed by atoms with Crippen LogP contribution in [0.5, 0.6) is 0 Å². The first-order valence-corrected chi connectivity index (χ1v) is 11.1. The van der Waals surface area contributed by atoms with E-state index >= 15 is 0 Å². The Morgan fingerprint density at radius 2 is 1.90 bits per heavy atom. The minimum Gasteiger partial charge on any atom is -0.371 e. The molecule has 0 bridgehead atoms. The summed E-state index contributed by atoms with van der Waals surface area (Å²) < 4.78 is 1.87. The highest BCUT2D eigenvalue weighted by atomic mass is 15.3. The molecule has 2 fully saturated rings. The molecule has 0 saturated carbocycles. The van der Waals surface area contributed by atoms with Crippen LogP contribution in [0.3, 0.4) is 0 Å². The topological polar surface area (TPSA) is 62.1 Å². The van der Waals surface area contributed by atoms with Crippen molar-refractivity contribution in [2.75, 3.05) is 49.1 Å². The van der Waals surface area contributed by atoms with E-state index in [1.54, 1.807) is 0 Å². The van der Waals surface area contributed by atoms with E-state index in [-0.39, 0.29) is 0 Å². The minimum absolute atomic E-state index is 0.505. The molecule has 3 aromatic rings. The molecule has 2 saturated heterocycles. The fraction of sp³-hybridized carbons (Fsp3) is 0.522. The molecule has 5 rings (SSSR count). The molecule has 0 amide bonds. The lowest BCUT2D eigenvalue weighted by Crippen LogP contribution is -2.43. The predicted octanol–water partition coefficient (Wildman–Crippen LogP) is 2.71. The van der Waals surface area contributed by atoms with Crippen molar-refractivity contribution in [3.05, 3.63) is 42.0 Å². The molecule has 3 aromatic heterocycles. The Morgan fingerprint density at radius 3 is 2.63 bits per heavy atom. The van der Waals surface area contributed by atoms with Gasteiger partial charge in [0, 0.05) is 63.6 Å². The summed E-state index contributed by atoms with van der Waals surface area (Å²) in [5.41, 5.74) is 5.75. The zero-order chi connectivity index (χ0) is 20.7. The first kappa shape index (κ1) is 19.3. The summed E-state index contributed by atoms with van der Waals surface area (Å²) in [7, 11) is 1.96. The van der Waals surface area contributed by atoms with Crippen molar-refractivity contribution in [1.82, 2.24) is 25.1 Å². The van der Waals surface area contributed by atoms with Crippen LogP contribution in [0.1, 0.15) is 30.7 Å². The summed E-state index contributed by atoms with van der Waals surface area (Å²) in [6.07, 6.45) is 5.14. The van der Waals surface area contributed by atoms with E-state index in [9.17, 15) is 0 Å². The third-order valence-corrected chi connectivity index (χ3v) is 6.69. The zero-order valence-electron chi connectivity index (χ0n) is 18.2. The van der Waals surface area contributed by atoms with Crippen molar-refractivity contribution in [2.24, 2.45) is 13.0 Å². The molecule has 2 atom stereocenters. The van der Waals surface area contributed by atoms with Crippen LogP contribution in [-0.2, 0) is 7.05 Å². The Balaban J connectivity index is 1.33. The average Bonchev–Trinajstić information content (AvgIpc) is 3.14. The van der Waals surface area contributed by atoms with Crippen molar-refractivity contribution in [3.63, 3.8) is 0 Å². The first-order chi connectivity index (χ1) is 14.6. The number of rotatable bonds is 3. The van der Waals surface area contributed by atoms with Gasteiger partial charge in [0.15, 0.2) is 5.65 Å². The fourth-order valence-electron chi connectivity index (χ4n) is 5.01. The fourth-order valence-corrected chi connectivity index (χ4v) is 5.01. The number of piperidine rings is 1. The third kappa shape index (κ3) is 3.51. The van der Waals surface area contributed by atoms with Gasteiger partial charge in [-0.15, -0.1) is 0 Å². The summed E-state index contributed by atoms with van der Waals surface area (Å²) in [6.45, 7) is 10.7. The van der Waals surface area contributed by atoms with Gasteiger partial charge in [0.2, 0.25) is 0 Å². The Morgan fingerprint density at radius 1 is 1.07 bits per heavy atom. The van der Waals surface area contributed by atoms with Crippen LogP contribution < -0.4 is 15.1 Å². The number of nitrogens with one attached hydrogen (secondary N) is 1. The van der Waals surface area contributed by atoms with E-state index in [0.717, 1.165) is 62.4 Å². The van der Waals surface area contributed by atoms with Crippen molar-refractivity contribution < 1.29 is 0 Å². The highest BCUT2D eigenvalue weighted by Crippen LogP contribution is 2.36. The number of pyridine rings is 2. The summed E-state index contributed by atoms with van der Waals surface area (Å²) in [5.74, 6) is 1.04. The largest absolute Gasteiger partial charge is 0.371 e. The van der Waals surface area contributed by atoms with Gasteiger partial charge in [-0.2, -0.15) is 5.10 Å². The van der Waals surface area contributed by atoms with Crippen LogP contribution in [0.4, 0.5) is 11.4 Å². The highest BCUT2D eigenvalue weighted by molar-refractivity contribution is 5.89. The molecule has 0 unspecified atom stereocenters. The molecule has 0 spiro atoms. The first-order valence-electron chi connectivity index (χ1n) is 11.1. The van der Waals surface area contributed by atoms with Crippen molar-refractivity contribution in [2.45, 2.75) is 26.2 Å². The molecule has 158 valence electrons. The van der Waals surface area contributed by atoms with E-state index in [0.29, 0.717) is 11.8 Å². The van der Waals surface area contributed by atoms with Gasteiger partial charge < -0.3 is 15.1 Å². The van der Waals surface area contributed by atoms with Crippen LogP contribution in [-0.4, -0.2) is 59.0 Å². The zero-order valence-corrected chi connectivity index (χ0v) is 18.2. The van der Waals surface area contributed by atoms with Gasteiger partial charge >= 0.3 is 0 Å². The second kappa shape index (κ2) is 7.87. The van der Waals surface area contributed by atoms with Crippen LogP contribution in [0, 0.1) is 12.8 Å². The Bertz CT molecular complexity index is 1020. The SMILES string of the molecule is Cc1cc(N2CC[C@H](c3ccc(N4CCNCC4)cn3)[C@@H](C)C2)c2cnn(C)c2n1. The number of nitrogens with zero attached hydrogens (tertiary/aromatic N) is 6. The third-order valence-electron chi connectivity index (χ3n) is 6.69. The number of fused-ring (bicyclic) bond motifs is 1. The number of hydrogen-bond donors (Lipinski definition) is 1. The van der Waals surface area contributed by atoms with Crippen LogP contribution >= 0.6 is 0 Å². The van der Waals surface area contributed by atoms with E-state index in [1.807, 2.05) is 17.9 Å². The monoisotopic (exact) mass is 405 g/mol. The van der Waals surface area contributed by atoms with E-state index in [4.69, 9.17) is 4.98 Å². The summed E-state index contributed by atoms with van der Waals surface area (Å²) in [6, 6.07) is 6.72. The highest BCUT2D eigenvalue weighted by Gasteiger charge is 2.29. The second-order valence-electron chi connectivity index (χ2n) is 8.79. The van der Waals surface area contributed by atoms with Gasteiger partial charge in [-0.1, -0.05) is 6.92 Å². The number of aromatic nitrogens is 4. The molecule has 5 heterocycles.